The molecule has 0 aliphatic carbocycles. The van der Waals surface area contributed by atoms with E-state index in [2.05, 4.69) is 107 Å². The van der Waals surface area contributed by atoms with Gasteiger partial charge in [-0.25, -0.2) is 5.43 Å². The predicted molar refractivity (Wildman–Crippen MR) is 177 cm³/mol. The second-order valence-electron chi connectivity index (χ2n) is 13.9. The maximum Gasteiger partial charge on any atom is 0.250 e. The van der Waals surface area contributed by atoms with Gasteiger partial charge >= 0.3 is 0 Å². The van der Waals surface area contributed by atoms with Gasteiger partial charge in [0.15, 0.2) is 11.0 Å². The van der Waals surface area contributed by atoms with Gasteiger partial charge in [-0.15, -0.1) is 10.2 Å². The van der Waals surface area contributed by atoms with Gasteiger partial charge in [0.2, 0.25) is 0 Å². The van der Waals surface area contributed by atoms with Crippen molar-refractivity contribution in [1.82, 2.24) is 20.2 Å². The van der Waals surface area contributed by atoms with E-state index in [0.29, 0.717) is 16.7 Å². The summed E-state index contributed by atoms with van der Waals surface area (Å²) < 4.78 is 1.98. The van der Waals surface area contributed by atoms with Gasteiger partial charge in [-0.2, -0.15) is 5.10 Å². The summed E-state index contributed by atoms with van der Waals surface area (Å²) in [6.45, 7) is 19.0. The van der Waals surface area contributed by atoms with Crippen molar-refractivity contribution in [1.29, 1.82) is 0 Å². The molecule has 0 aliphatic rings. The Kier molecular flexibility index (Phi) is 9.21. The molecule has 226 valence electrons. The van der Waals surface area contributed by atoms with Gasteiger partial charge in [0.05, 0.1) is 12.0 Å². The number of nitrogens with one attached hydrogen (secondary N) is 1. The number of phenolic OH excluding ortho intramolecular Hbond substituents is 1. The summed E-state index contributed by atoms with van der Waals surface area (Å²) >= 11 is 1.30. The van der Waals surface area contributed by atoms with Crippen LogP contribution in [0.15, 0.2) is 77.0 Å². The first-order valence-corrected chi connectivity index (χ1v) is 15.5. The van der Waals surface area contributed by atoms with Crippen LogP contribution in [0.5, 0.6) is 5.75 Å². The zero-order valence-electron chi connectivity index (χ0n) is 26.7. The number of hydrogen-bond donors (Lipinski definition) is 2. The molecule has 0 bridgehead atoms. The fraction of sp³-hybridized carbons (Fsp3) is 0.371. The molecule has 4 rings (SSSR count). The molecule has 3 aromatic carbocycles. The highest BCUT2D eigenvalue weighted by molar-refractivity contribution is 7.99. The minimum absolute atomic E-state index is 0.0501. The number of aromatic hydroxyl groups is 1. The number of hydrogen-bond acceptors (Lipinski definition) is 6. The molecule has 0 spiro atoms. The number of amides is 1. The number of aromatic nitrogens is 3. The number of rotatable bonds is 7. The summed E-state index contributed by atoms with van der Waals surface area (Å²) in [7, 11) is 0. The third kappa shape index (κ3) is 7.73. The number of carbonyl (C=O) groups excluding carboxylic acids is 1. The average molecular weight is 598 g/mol. The lowest BCUT2D eigenvalue weighted by molar-refractivity contribution is -0.118. The van der Waals surface area contributed by atoms with Crippen LogP contribution in [0, 0.1) is 0 Å². The second kappa shape index (κ2) is 12.4. The van der Waals surface area contributed by atoms with E-state index in [4.69, 9.17) is 0 Å². The maximum atomic E-state index is 12.8. The van der Waals surface area contributed by atoms with Crippen molar-refractivity contribution in [3.63, 3.8) is 0 Å². The summed E-state index contributed by atoms with van der Waals surface area (Å²) in [4.78, 5) is 12.8. The van der Waals surface area contributed by atoms with Crippen LogP contribution in [-0.4, -0.2) is 37.7 Å². The highest BCUT2D eigenvalue weighted by Gasteiger charge is 2.26. The van der Waals surface area contributed by atoms with E-state index >= 15 is 0 Å². The molecule has 1 heterocycles. The Hall–Kier alpha value is -3.91. The standard InChI is InChI=1S/C35H43N5O2S/c1-33(2,3)25-17-15-24(16-18-25)31-38-39-32(40(31)26-13-11-10-12-14-26)43-22-29(41)37-36-21-23-19-27(34(4,5)6)30(42)28(20-23)35(7,8)9/h10-21,42H,22H2,1-9H3,(H,37,41). The van der Waals surface area contributed by atoms with Crippen LogP contribution in [0.25, 0.3) is 17.1 Å². The summed E-state index contributed by atoms with van der Waals surface area (Å²) in [5.74, 6) is 0.876. The monoisotopic (exact) mass is 597 g/mol. The fourth-order valence-corrected chi connectivity index (χ4v) is 5.44. The fourth-order valence-electron chi connectivity index (χ4n) is 4.70. The Balaban J connectivity index is 1.53. The SMILES string of the molecule is CC(C)(C)c1ccc(-c2nnc(SCC(=O)NN=Cc3cc(C(C)(C)C)c(O)c(C(C)(C)C)c3)n2-c2ccccc2)cc1. The molecule has 0 radical (unpaired) electrons. The highest BCUT2D eigenvalue weighted by atomic mass is 32.2. The van der Waals surface area contributed by atoms with Crippen LogP contribution in [0.2, 0.25) is 0 Å². The van der Waals surface area contributed by atoms with Gasteiger partial charge in [0, 0.05) is 22.4 Å². The Morgan fingerprint density at radius 1 is 0.860 bits per heavy atom. The largest absolute Gasteiger partial charge is 0.507 e. The first-order valence-electron chi connectivity index (χ1n) is 14.5. The number of hydrazone groups is 1. The van der Waals surface area contributed by atoms with Crippen molar-refractivity contribution in [3.8, 4) is 22.8 Å². The van der Waals surface area contributed by atoms with Crippen molar-refractivity contribution in [2.45, 2.75) is 83.7 Å². The first kappa shape index (κ1) is 32.0. The lowest BCUT2D eigenvalue weighted by atomic mass is 9.78. The van der Waals surface area contributed by atoms with Gasteiger partial charge in [-0.1, -0.05) is 117 Å². The normalized spacial score (nSPS) is 12.6. The molecule has 2 N–H and O–H groups in total. The highest BCUT2D eigenvalue weighted by Crippen LogP contribution is 2.39. The second-order valence-corrected chi connectivity index (χ2v) is 14.8. The molecule has 0 aliphatic heterocycles. The van der Waals surface area contributed by atoms with Crippen molar-refractivity contribution in [3.05, 3.63) is 89.0 Å². The van der Waals surface area contributed by atoms with Crippen LogP contribution in [0.3, 0.4) is 0 Å². The van der Waals surface area contributed by atoms with Crippen LogP contribution < -0.4 is 5.43 Å². The molecule has 43 heavy (non-hydrogen) atoms. The zero-order valence-corrected chi connectivity index (χ0v) is 27.5. The van der Waals surface area contributed by atoms with Gasteiger partial charge in [-0.3, -0.25) is 9.36 Å². The molecule has 0 saturated carbocycles. The molecule has 4 aromatic rings. The summed E-state index contributed by atoms with van der Waals surface area (Å²) in [6.07, 6.45) is 1.62. The Bertz CT molecular complexity index is 1570. The zero-order chi connectivity index (χ0) is 31.6. The molecular weight excluding hydrogens is 554 g/mol. The van der Waals surface area contributed by atoms with E-state index in [1.54, 1.807) is 6.21 Å². The first-order chi connectivity index (χ1) is 20.1. The van der Waals surface area contributed by atoms with Gasteiger partial charge in [-0.05, 0) is 51.6 Å². The number of phenols is 1. The topological polar surface area (TPSA) is 92.4 Å². The van der Waals surface area contributed by atoms with Crippen LogP contribution >= 0.6 is 11.8 Å². The Labute approximate surface area is 259 Å². The van der Waals surface area contributed by atoms with E-state index in [1.165, 1.54) is 17.3 Å². The lowest BCUT2D eigenvalue weighted by Crippen LogP contribution is -2.20. The van der Waals surface area contributed by atoms with E-state index in [-0.39, 0.29) is 27.9 Å². The number of para-hydroxylation sites is 1. The molecule has 1 aromatic heterocycles. The molecule has 0 fully saturated rings. The van der Waals surface area contributed by atoms with E-state index in [0.717, 1.165) is 27.9 Å². The van der Waals surface area contributed by atoms with Crippen molar-refractivity contribution in [2.24, 2.45) is 5.10 Å². The van der Waals surface area contributed by atoms with E-state index < -0.39 is 0 Å². The predicted octanol–water partition coefficient (Wildman–Crippen LogP) is 7.77. The lowest BCUT2D eigenvalue weighted by Gasteiger charge is -2.27. The summed E-state index contributed by atoms with van der Waals surface area (Å²) in [5, 5.41) is 24.8. The number of thioether (sulfide) groups is 1. The molecule has 8 heteroatoms. The number of nitrogens with zero attached hydrogens (tertiary/aromatic N) is 4. The van der Waals surface area contributed by atoms with E-state index in [9.17, 15) is 9.90 Å². The number of carbonyl (C=O) groups is 1. The molecule has 7 nitrogen and oxygen atoms in total. The van der Waals surface area contributed by atoms with Gasteiger partial charge in [0.1, 0.15) is 5.75 Å². The summed E-state index contributed by atoms with van der Waals surface area (Å²) in [6, 6.07) is 22.1. The maximum absolute atomic E-state index is 12.8. The Morgan fingerprint density at radius 2 is 1.44 bits per heavy atom. The Morgan fingerprint density at radius 3 is 1.98 bits per heavy atom. The third-order valence-corrected chi connectivity index (χ3v) is 8.07. The van der Waals surface area contributed by atoms with Crippen molar-refractivity contribution in [2.75, 3.05) is 5.75 Å². The minimum atomic E-state index is -0.259. The van der Waals surface area contributed by atoms with Crippen molar-refractivity contribution < 1.29 is 9.90 Å². The van der Waals surface area contributed by atoms with Crippen molar-refractivity contribution >= 4 is 23.9 Å². The molecule has 0 atom stereocenters. The molecular formula is C35H43N5O2S. The van der Waals surface area contributed by atoms with Gasteiger partial charge in [0.25, 0.3) is 5.91 Å². The molecule has 0 unspecified atom stereocenters. The minimum Gasteiger partial charge on any atom is -0.507 e. The number of benzene rings is 3. The molecule has 0 saturated heterocycles. The molecule has 1 amide bonds. The van der Waals surface area contributed by atoms with Gasteiger partial charge < -0.3 is 5.11 Å². The van der Waals surface area contributed by atoms with Crippen LogP contribution in [0.1, 0.15) is 84.6 Å². The summed E-state index contributed by atoms with van der Waals surface area (Å²) in [5.41, 5.74) is 7.78. The van der Waals surface area contributed by atoms with Crippen LogP contribution in [-0.2, 0) is 21.0 Å². The van der Waals surface area contributed by atoms with E-state index in [1.807, 2.05) is 47.0 Å². The average Bonchev–Trinajstić information content (AvgIpc) is 3.35. The quantitative estimate of drug-likeness (QED) is 0.129. The smallest absolute Gasteiger partial charge is 0.250 e. The van der Waals surface area contributed by atoms with Crippen LogP contribution in [0.4, 0.5) is 0 Å². The third-order valence-electron chi connectivity index (χ3n) is 7.14.